The van der Waals surface area contributed by atoms with Crippen LogP contribution in [0.5, 0.6) is 0 Å². The van der Waals surface area contributed by atoms with Crippen molar-refractivity contribution in [2.75, 3.05) is 5.32 Å². The molecule has 8 heteroatoms. The van der Waals surface area contributed by atoms with Crippen LogP contribution in [0.2, 0.25) is 0 Å². The van der Waals surface area contributed by atoms with Gasteiger partial charge in [0.05, 0.1) is 22.2 Å². The highest BCUT2D eigenvalue weighted by molar-refractivity contribution is 9.10. The van der Waals surface area contributed by atoms with Crippen LogP contribution in [0, 0.1) is 15.9 Å². The van der Waals surface area contributed by atoms with Gasteiger partial charge in [0.25, 0.3) is 11.6 Å². The smallest absolute Gasteiger partial charge is 0.272 e. The number of hydrogen-bond donors (Lipinski definition) is 1. The Kier molecular flexibility index (Phi) is 4.04. The van der Waals surface area contributed by atoms with Gasteiger partial charge >= 0.3 is 0 Å². The van der Waals surface area contributed by atoms with E-state index in [1.54, 1.807) is 12.1 Å². The Hall–Kier alpha value is -2.35. The number of carbonyl (C=O) groups is 1. The largest absolute Gasteiger partial charge is 0.320 e. The molecule has 1 aromatic carbocycles. The number of anilines is 1. The predicted octanol–water partition coefficient (Wildman–Crippen LogP) is 3.14. The number of non-ortho nitro benzene ring substituents is 1. The number of carbonyl (C=O) groups excluding carboxylic acids is 1. The average molecular weight is 340 g/mol. The molecule has 0 unspecified atom stereocenters. The standard InChI is InChI=1S/C12H7BrFN3O3/c13-11-10(2-1-5-15-11)16-12(18)8-4-3-7(17(19)20)6-9(8)14/h1-6H,(H,16,18). The SMILES string of the molecule is O=C(Nc1cccnc1Br)c1ccc([N+](=O)[O-])cc1F. The first-order valence-electron chi connectivity index (χ1n) is 5.35. The van der Waals surface area contributed by atoms with Gasteiger partial charge in [0, 0.05) is 12.3 Å². The summed E-state index contributed by atoms with van der Waals surface area (Å²) >= 11 is 3.14. The summed E-state index contributed by atoms with van der Waals surface area (Å²) in [5, 5.41) is 13.0. The fraction of sp³-hybridized carbons (Fsp3) is 0. The number of benzene rings is 1. The lowest BCUT2D eigenvalue weighted by molar-refractivity contribution is -0.385. The highest BCUT2D eigenvalue weighted by Crippen LogP contribution is 2.21. The summed E-state index contributed by atoms with van der Waals surface area (Å²) in [6, 6.07) is 6.02. The average Bonchev–Trinajstić information content (AvgIpc) is 2.41. The van der Waals surface area contributed by atoms with Crippen molar-refractivity contribution in [3.05, 3.63) is 62.6 Å². The molecule has 0 fully saturated rings. The Labute approximate surface area is 120 Å². The van der Waals surface area contributed by atoms with E-state index in [1.165, 1.54) is 6.20 Å². The quantitative estimate of drug-likeness (QED) is 0.528. The van der Waals surface area contributed by atoms with Crippen LogP contribution in [-0.4, -0.2) is 15.8 Å². The molecule has 1 N–H and O–H groups in total. The number of halogens is 2. The molecule has 0 aliphatic rings. The molecule has 20 heavy (non-hydrogen) atoms. The second-order valence-electron chi connectivity index (χ2n) is 3.72. The van der Waals surface area contributed by atoms with Crippen molar-refractivity contribution >= 4 is 33.2 Å². The maximum Gasteiger partial charge on any atom is 0.272 e. The summed E-state index contributed by atoms with van der Waals surface area (Å²) in [6.45, 7) is 0. The molecule has 1 heterocycles. The van der Waals surface area contributed by atoms with Crippen LogP contribution in [0.3, 0.4) is 0 Å². The molecule has 2 rings (SSSR count). The molecule has 0 saturated heterocycles. The second kappa shape index (κ2) is 5.74. The van der Waals surface area contributed by atoms with Crippen molar-refractivity contribution < 1.29 is 14.1 Å². The molecule has 0 spiro atoms. The van der Waals surface area contributed by atoms with Crippen molar-refractivity contribution in [1.29, 1.82) is 0 Å². The van der Waals surface area contributed by atoms with Gasteiger partial charge < -0.3 is 5.32 Å². The molecule has 0 aliphatic heterocycles. The van der Waals surface area contributed by atoms with Gasteiger partial charge in [-0.15, -0.1) is 0 Å². The predicted molar refractivity (Wildman–Crippen MR) is 72.9 cm³/mol. The summed E-state index contributed by atoms with van der Waals surface area (Å²) in [5.74, 6) is -1.68. The van der Waals surface area contributed by atoms with Crippen molar-refractivity contribution in [2.45, 2.75) is 0 Å². The number of nitrogens with zero attached hydrogens (tertiary/aromatic N) is 2. The van der Waals surface area contributed by atoms with Gasteiger partial charge in [-0.25, -0.2) is 9.37 Å². The van der Waals surface area contributed by atoms with Crippen LogP contribution in [0.25, 0.3) is 0 Å². The maximum atomic E-state index is 13.7. The van der Waals surface area contributed by atoms with Crippen molar-refractivity contribution in [3.63, 3.8) is 0 Å². The zero-order chi connectivity index (χ0) is 14.7. The number of hydrogen-bond acceptors (Lipinski definition) is 4. The van der Waals surface area contributed by atoms with E-state index in [9.17, 15) is 19.3 Å². The zero-order valence-corrected chi connectivity index (χ0v) is 11.4. The number of nitro benzene ring substituents is 1. The van der Waals surface area contributed by atoms with E-state index in [1.807, 2.05) is 0 Å². The second-order valence-corrected chi connectivity index (χ2v) is 4.47. The van der Waals surface area contributed by atoms with Crippen molar-refractivity contribution in [1.82, 2.24) is 4.98 Å². The van der Waals surface area contributed by atoms with Crippen LogP contribution >= 0.6 is 15.9 Å². The van der Waals surface area contributed by atoms with Gasteiger partial charge in [0.15, 0.2) is 0 Å². The van der Waals surface area contributed by atoms with Gasteiger partial charge in [-0.1, -0.05) is 0 Å². The van der Waals surface area contributed by atoms with Crippen LogP contribution in [0.4, 0.5) is 15.8 Å². The molecule has 0 atom stereocenters. The minimum Gasteiger partial charge on any atom is -0.320 e. The molecule has 0 saturated carbocycles. The topological polar surface area (TPSA) is 85.1 Å². The maximum absolute atomic E-state index is 13.7. The number of nitro groups is 1. The fourth-order valence-corrected chi connectivity index (χ4v) is 1.82. The van der Waals surface area contributed by atoms with Gasteiger partial charge in [0.1, 0.15) is 10.4 Å². The Morgan fingerprint density at radius 3 is 2.75 bits per heavy atom. The van der Waals surface area contributed by atoms with E-state index in [-0.39, 0.29) is 5.56 Å². The van der Waals surface area contributed by atoms with Crippen LogP contribution in [-0.2, 0) is 0 Å². The summed E-state index contributed by atoms with van der Waals surface area (Å²) in [6.07, 6.45) is 1.52. The third kappa shape index (κ3) is 2.97. The first-order valence-corrected chi connectivity index (χ1v) is 6.14. The molecule has 0 aliphatic carbocycles. The lowest BCUT2D eigenvalue weighted by Crippen LogP contribution is -2.14. The highest BCUT2D eigenvalue weighted by atomic mass is 79.9. The zero-order valence-electron chi connectivity index (χ0n) is 9.84. The van der Waals surface area contributed by atoms with Gasteiger partial charge in [-0.05, 0) is 34.1 Å². The normalized spacial score (nSPS) is 10.1. The lowest BCUT2D eigenvalue weighted by atomic mass is 10.1. The molecule has 6 nitrogen and oxygen atoms in total. The number of nitrogens with one attached hydrogen (secondary N) is 1. The fourth-order valence-electron chi connectivity index (χ4n) is 1.47. The number of amides is 1. The summed E-state index contributed by atoms with van der Waals surface area (Å²) in [5.41, 5.74) is -0.330. The lowest BCUT2D eigenvalue weighted by Gasteiger charge is -2.07. The van der Waals surface area contributed by atoms with Crippen molar-refractivity contribution in [2.24, 2.45) is 0 Å². The molecule has 1 amide bonds. The van der Waals surface area contributed by atoms with E-state index in [4.69, 9.17) is 0 Å². The Morgan fingerprint density at radius 1 is 1.40 bits per heavy atom. The minimum absolute atomic E-state index is 0.286. The van der Waals surface area contributed by atoms with Gasteiger partial charge in [-0.2, -0.15) is 0 Å². The van der Waals surface area contributed by atoms with E-state index < -0.39 is 22.3 Å². The van der Waals surface area contributed by atoms with Crippen molar-refractivity contribution in [3.8, 4) is 0 Å². The van der Waals surface area contributed by atoms with Crippen LogP contribution in [0.15, 0.2) is 41.1 Å². The van der Waals surface area contributed by atoms with E-state index >= 15 is 0 Å². The minimum atomic E-state index is -0.961. The monoisotopic (exact) mass is 339 g/mol. The number of pyridine rings is 1. The molecule has 2 aromatic rings. The van der Waals surface area contributed by atoms with E-state index in [0.29, 0.717) is 16.4 Å². The molecule has 0 bridgehead atoms. The highest BCUT2D eigenvalue weighted by Gasteiger charge is 2.17. The van der Waals surface area contributed by atoms with Gasteiger partial charge in [0.2, 0.25) is 0 Å². The van der Waals surface area contributed by atoms with Gasteiger partial charge in [-0.3, -0.25) is 14.9 Å². The van der Waals surface area contributed by atoms with Crippen LogP contribution < -0.4 is 5.32 Å². The molecule has 1 aromatic heterocycles. The molecular weight excluding hydrogens is 333 g/mol. The first kappa shape index (κ1) is 14.1. The number of aromatic nitrogens is 1. The van der Waals surface area contributed by atoms with Crippen LogP contribution in [0.1, 0.15) is 10.4 Å². The van der Waals surface area contributed by atoms with E-state index in [0.717, 1.165) is 12.1 Å². The summed E-state index contributed by atoms with van der Waals surface area (Å²) in [4.78, 5) is 25.6. The third-order valence-corrected chi connectivity index (χ3v) is 3.05. The van der Waals surface area contributed by atoms with E-state index in [2.05, 4.69) is 26.2 Å². The molecular formula is C12H7BrFN3O3. The Balaban J connectivity index is 2.26. The number of rotatable bonds is 3. The Bertz CT molecular complexity index is 693. The molecule has 102 valence electrons. The summed E-state index contributed by atoms with van der Waals surface area (Å²) in [7, 11) is 0. The molecule has 0 radical (unpaired) electrons. The first-order chi connectivity index (χ1) is 9.49. The summed E-state index contributed by atoms with van der Waals surface area (Å²) < 4.78 is 14.1. The third-order valence-electron chi connectivity index (χ3n) is 2.42. The Morgan fingerprint density at radius 2 is 2.15 bits per heavy atom.